The Bertz CT molecular complexity index is 553. The molecule has 0 aliphatic heterocycles. The predicted octanol–water partition coefficient (Wildman–Crippen LogP) is 4.76. The highest BCUT2D eigenvalue weighted by atomic mass is 35.5. The Morgan fingerprint density at radius 1 is 1.14 bits per heavy atom. The number of unbranched alkanes of at least 4 members (excludes halogenated alkanes) is 1. The first kappa shape index (κ1) is 15.9. The van der Waals surface area contributed by atoms with E-state index >= 15 is 0 Å². The van der Waals surface area contributed by atoms with E-state index in [9.17, 15) is 0 Å². The molecule has 2 aromatic rings. The van der Waals surface area contributed by atoms with Gasteiger partial charge in [0.1, 0.15) is 11.9 Å². The lowest BCUT2D eigenvalue weighted by Crippen LogP contribution is -2.18. The molecule has 1 atom stereocenters. The maximum atomic E-state index is 6.02. The van der Waals surface area contributed by atoms with Crippen LogP contribution in [0.5, 0.6) is 5.75 Å². The summed E-state index contributed by atoms with van der Waals surface area (Å²) in [5.41, 5.74) is 8.17. The van der Waals surface area contributed by atoms with Crippen LogP contribution in [-0.2, 0) is 6.42 Å². The van der Waals surface area contributed by atoms with Crippen LogP contribution in [0.25, 0.3) is 0 Å². The average molecular weight is 304 g/mol. The van der Waals surface area contributed by atoms with E-state index in [4.69, 9.17) is 22.1 Å². The summed E-state index contributed by atoms with van der Waals surface area (Å²) in [4.78, 5) is 0. The van der Waals surface area contributed by atoms with Crippen molar-refractivity contribution in [3.05, 3.63) is 64.7 Å². The Balaban J connectivity index is 2.04. The third-order valence-corrected chi connectivity index (χ3v) is 3.69. The van der Waals surface area contributed by atoms with Crippen molar-refractivity contribution >= 4 is 11.6 Å². The fourth-order valence-electron chi connectivity index (χ4n) is 2.24. The summed E-state index contributed by atoms with van der Waals surface area (Å²) in [7, 11) is 0. The summed E-state index contributed by atoms with van der Waals surface area (Å²) < 4.78 is 5.98. The minimum atomic E-state index is -0.176. The van der Waals surface area contributed by atoms with E-state index < -0.39 is 0 Å². The van der Waals surface area contributed by atoms with Gasteiger partial charge in [0.2, 0.25) is 0 Å². The molecule has 0 saturated heterocycles. The molecule has 3 heteroatoms. The van der Waals surface area contributed by atoms with Gasteiger partial charge in [0.05, 0.1) is 0 Å². The molecular weight excluding hydrogens is 282 g/mol. The van der Waals surface area contributed by atoms with Crippen LogP contribution in [0.1, 0.15) is 37.0 Å². The van der Waals surface area contributed by atoms with Crippen LogP contribution in [0.3, 0.4) is 0 Å². The molecule has 2 aromatic carbocycles. The van der Waals surface area contributed by atoms with Gasteiger partial charge in [0.15, 0.2) is 0 Å². The highest BCUT2D eigenvalue weighted by Gasteiger charge is 2.11. The number of hydrogen-bond donors (Lipinski definition) is 1. The van der Waals surface area contributed by atoms with E-state index in [0.717, 1.165) is 17.7 Å². The first-order valence-corrected chi connectivity index (χ1v) is 7.82. The second kappa shape index (κ2) is 8.06. The molecule has 0 fully saturated rings. The van der Waals surface area contributed by atoms with Crippen LogP contribution in [0, 0.1) is 0 Å². The summed E-state index contributed by atoms with van der Waals surface area (Å²) >= 11 is 6.02. The van der Waals surface area contributed by atoms with Gasteiger partial charge in [-0.2, -0.15) is 0 Å². The molecule has 0 aromatic heterocycles. The largest absolute Gasteiger partial charge is 0.484 e. The number of aryl methyl sites for hydroxylation is 1. The minimum Gasteiger partial charge on any atom is -0.484 e. The normalized spacial score (nSPS) is 12.1. The van der Waals surface area contributed by atoms with Gasteiger partial charge in [0, 0.05) is 11.6 Å². The molecule has 0 heterocycles. The first-order chi connectivity index (χ1) is 10.2. The molecule has 0 amide bonds. The summed E-state index contributed by atoms with van der Waals surface area (Å²) in [5, 5.41) is 0.699. The lowest BCUT2D eigenvalue weighted by atomic mass is 10.1. The molecule has 1 unspecified atom stereocenters. The number of rotatable bonds is 7. The standard InChI is InChI=1S/C18H22ClNO/c1-2-3-5-14-8-10-17(11-9-14)21-18(13-20)15-6-4-7-16(19)12-15/h4,6-12,18H,2-3,5,13,20H2,1H3. The van der Waals surface area contributed by atoms with Crippen molar-refractivity contribution in [3.8, 4) is 5.75 Å². The zero-order chi connectivity index (χ0) is 15.1. The Morgan fingerprint density at radius 2 is 1.90 bits per heavy atom. The molecule has 2 N–H and O–H groups in total. The molecule has 0 radical (unpaired) electrons. The maximum Gasteiger partial charge on any atom is 0.136 e. The zero-order valence-electron chi connectivity index (χ0n) is 12.4. The fourth-order valence-corrected chi connectivity index (χ4v) is 2.44. The van der Waals surface area contributed by atoms with E-state index in [2.05, 4.69) is 19.1 Å². The van der Waals surface area contributed by atoms with E-state index in [1.165, 1.54) is 18.4 Å². The highest BCUT2D eigenvalue weighted by molar-refractivity contribution is 6.30. The number of halogens is 1. The van der Waals surface area contributed by atoms with Crippen LogP contribution >= 0.6 is 11.6 Å². The molecule has 2 rings (SSSR count). The van der Waals surface area contributed by atoms with Crippen molar-refractivity contribution in [1.82, 2.24) is 0 Å². The van der Waals surface area contributed by atoms with Crippen molar-refractivity contribution in [3.63, 3.8) is 0 Å². The Labute approximate surface area is 131 Å². The van der Waals surface area contributed by atoms with Crippen molar-refractivity contribution < 1.29 is 4.74 Å². The smallest absolute Gasteiger partial charge is 0.136 e. The summed E-state index contributed by atoms with van der Waals surface area (Å²) in [6.07, 6.45) is 3.37. The maximum absolute atomic E-state index is 6.02. The van der Waals surface area contributed by atoms with Gasteiger partial charge in [-0.1, -0.05) is 49.2 Å². The van der Waals surface area contributed by atoms with Gasteiger partial charge in [-0.25, -0.2) is 0 Å². The monoisotopic (exact) mass is 303 g/mol. The third kappa shape index (κ3) is 4.76. The lowest BCUT2D eigenvalue weighted by molar-refractivity contribution is 0.214. The van der Waals surface area contributed by atoms with Crippen LogP contribution in [0.15, 0.2) is 48.5 Å². The van der Waals surface area contributed by atoms with Crippen molar-refractivity contribution in [2.75, 3.05) is 6.54 Å². The van der Waals surface area contributed by atoms with Gasteiger partial charge in [-0.05, 0) is 48.2 Å². The SMILES string of the molecule is CCCCc1ccc(OC(CN)c2cccc(Cl)c2)cc1. The van der Waals surface area contributed by atoms with Crippen molar-refractivity contribution in [2.45, 2.75) is 32.3 Å². The second-order valence-corrected chi connectivity index (χ2v) is 5.58. The van der Waals surface area contributed by atoms with E-state index in [-0.39, 0.29) is 6.10 Å². The first-order valence-electron chi connectivity index (χ1n) is 7.44. The van der Waals surface area contributed by atoms with E-state index in [0.29, 0.717) is 11.6 Å². The van der Waals surface area contributed by atoms with Gasteiger partial charge < -0.3 is 10.5 Å². The van der Waals surface area contributed by atoms with Crippen LogP contribution in [0.2, 0.25) is 5.02 Å². The fraction of sp³-hybridized carbons (Fsp3) is 0.333. The Morgan fingerprint density at radius 3 is 2.52 bits per heavy atom. The van der Waals surface area contributed by atoms with Gasteiger partial charge in [-0.3, -0.25) is 0 Å². The molecule has 112 valence electrons. The number of benzene rings is 2. The second-order valence-electron chi connectivity index (χ2n) is 5.14. The number of ether oxygens (including phenoxy) is 1. The molecule has 0 spiro atoms. The summed E-state index contributed by atoms with van der Waals surface area (Å²) in [6, 6.07) is 15.9. The van der Waals surface area contributed by atoms with Crippen LogP contribution in [-0.4, -0.2) is 6.54 Å². The molecular formula is C18H22ClNO. The average Bonchev–Trinajstić information content (AvgIpc) is 2.51. The molecule has 0 bridgehead atoms. The van der Waals surface area contributed by atoms with E-state index in [1.807, 2.05) is 36.4 Å². The van der Waals surface area contributed by atoms with Gasteiger partial charge in [-0.15, -0.1) is 0 Å². The summed E-state index contributed by atoms with van der Waals surface area (Å²) in [5.74, 6) is 0.839. The van der Waals surface area contributed by atoms with Crippen LogP contribution in [0.4, 0.5) is 0 Å². The highest BCUT2D eigenvalue weighted by Crippen LogP contribution is 2.24. The summed E-state index contributed by atoms with van der Waals surface area (Å²) in [6.45, 7) is 2.62. The zero-order valence-corrected chi connectivity index (χ0v) is 13.1. The lowest BCUT2D eigenvalue weighted by Gasteiger charge is -2.18. The molecule has 0 aliphatic rings. The quantitative estimate of drug-likeness (QED) is 0.800. The van der Waals surface area contributed by atoms with E-state index in [1.54, 1.807) is 0 Å². The van der Waals surface area contributed by atoms with Gasteiger partial charge >= 0.3 is 0 Å². The van der Waals surface area contributed by atoms with Crippen LogP contribution < -0.4 is 10.5 Å². The van der Waals surface area contributed by atoms with Crippen molar-refractivity contribution in [1.29, 1.82) is 0 Å². The third-order valence-electron chi connectivity index (χ3n) is 3.46. The molecule has 0 aliphatic carbocycles. The predicted molar refractivity (Wildman–Crippen MR) is 88.9 cm³/mol. The Kier molecular flexibility index (Phi) is 6.09. The van der Waals surface area contributed by atoms with Gasteiger partial charge in [0.25, 0.3) is 0 Å². The minimum absolute atomic E-state index is 0.176. The Hall–Kier alpha value is -1.51. The topological polar surface area (TPSA) is 35.2 Å². The molecule has 0 saturated carbocycles. The molecule has 21 heavy (non-hydrogen) atoms. The number of nitrogens with two attached hydrogens (primary N) is 1. The molecule has 2 nitrogen and oxygen atoms in total. The number of hydrogen-bond acceptors (Lipinski definition) is 2. The van der Waals surface area contributed by atoms with Crippen molar-refractivity contribution in [2.24, 2.45) is 5.73 Å².